The van der Waals surface area contributed by atoms with Gasteiger partial charge >= 0.3 is 12.1 Å². The molecule has 1 aromatic carbocycles. The van der Waals surface area contributed by atoms with Crippen LogP contribution >= 0.6 is 11.6 Å². The molecule has 13 nitrogen and oxygen atoms in total. The number of nitrogens with zero attached hydrogens (tertiary/aromatic N) is 5. The van der Waals surface area contributed by atoms with E-state index >= 15 is 0 Å². The monoisotopic (exact) mass is 861 g/mol. The van der Waals surface area contributed by atoms with E-state index in [-0.39, 0.29) is 30.0 Å². The molecule has 0 radical (unpaired) electrons. The Bertz CT molecular complexity index is 1680. The van der Waals surface area contributed by atoms with Crippen LogP contribution in [0.3, 0.4) is 0 Å². The van der Waals surface area contributed by atoms with Crippen molar-refractivity contribution >= 4 is 35.9 Å². The maximum absolute atomic E-state index is 11.7. The Hall–Kier alpha value is -4.16. The number of esters is 1. The van der Waals surface area contributed by atoms with Crippen LogP contribution in [0.1, 0.15) is 154 Å². The standard InChI is InChI=1S/C13H19NO2.C12H22N2O.C11H23NO.C9H13ClN2O.CO2/c1-10(2)12(14-3)13(15)16-9-11-7-5-4-6-8-11;1-6-8-10-13-11(12(3,4)15)9(7-2)14(10)5;1-6-7-8-11(13)12(5)10(4)9(2)3;1-3-4-5-8-11-9(10)7(6-13)12(8)2;2-1-3/h4-8,10,12,14H,9H2,1-3H3;15H,6-8H2,1-5H3;9-10H,6-8H2,1-5H3;6H,3-5H2,1-2H3;/t12-;;10-;;/m0.1../s1. The van der Waals surface area contributed by atoms with Gasteiger partial charge in [0, 0.05) is 52.1 Å². The van der Waals surface area contributed by atoms with Crippen LogP contribution in [-0.2, 0) is 69.5 Å². The number of likely N-dealkylation sites (N-methyl/N-ethyl adjacent to an activating group) is 1. The second-order valence-corrected chi connectivity index (χ2v) is 16.2. The number of carbonyl (C=O) groups is 3. The molecule has 2 aromatic heterocycles. The van der Waals surface area contributed by atoms with Crippen molar-refractivity contribution in [3.05, 3.63) is 69.8 Å². The number of carbonyl (C=O) groups excluding carboxylic acids is 5. The van der Waals surface area contributed by atoms with Gasteiger partial charge in [0.05, 0.1) is 5.69 Å². The fourth-order valence-corrected chi connectivity index (χ4v) is 6.12. The molecular weight excluding hydrogens is 784 g/mol. The molecule has 2 heterocycles. The molecule has 14 heteroatoms. The van der Waals surface area contributed by atoms with Gasteiger partial charge in [-0.2, -0.15) is 9.59 Å². The topological polar surface area (TPSA) is 166 Å². The Labute approximate surface area is 366 Å². The number of hydrogen-bond acceptors (Lipinski definition) is 10. The first-order valence-corrected chi connectivity index (χ1v) is 21.6. The van der Waals surface area contributed by atoms with E-state index in [9.17, 15) is 19.5 Å². The molecule has 340 valence electrons. The van der Waals surface area contributed by atoms with Crippen LogP contribution < -0.4 is 5.32 Å². The summed E-state index contributed by atoms with van der Waals surface area (Å²) in [6.07, 6.45) is 9.81. The number of aromatic nitrogens is 4. The van der Waals surface area contributed by atoms with E-state index in [1.807, 2.05) is 70.2 Å². The van der Waals surface area contributed by atoms with Gasteiger partial charge in [-0.1, -0.05) is 110 Å². The predicted molar refractivity (Wildman–Crippen MR) is 240 cm³/mol. The van der Waals surface area contributed by atoms with Crippen LogP contribution in [0, 0.1) is 11.8 Å². The first-order valence-electron chi connectivity index (χ1n) is 21.2. The van der Waals surface area contributed by atoms with Crippen molar-refractivity contribution < 1.29 is 33.8 Å². The summed E-state index contributed by atoms with van der Waals surface area (Å²) in [6.45, 7) is 22.8. The number of hydrogen-bond donors (Lipinski definition) is 2. The normalized spacial score (nSPS) is 11.6. The van der Waals surface area contributed by atoms with Crippen LogP contribution in [-0.4, -0.2) is 79.6 Å². The lowest BCUT2D eigenvalue weighted by atomic mass is 10.0. The van der Waals surface area contributed by atoms with Gasteiger partial charge in [0.25, 0.3) is 0 Å². The number of rotatable bonds is 18. The van der Waals surface area contributed by atoms with Crippen LogP contribution in [0.4, 0.5) is 0 Å². The summed E-state index contributed by atoms with van der Waals surface area (Å²) < 4.78 is 9.12. The molecule has 0 saturated heterocycles. The molecule has 2 atom stereocenters. The molecule has 0 bridgehead atoms. The molecule has 3 aromatic rings. The number of aryl methyl sites for hydroxylation is 2. The van der Waals surface area contributed by atoms with Gasteiger partial charge < -0.3 is 29.2 Å². The van der Waals surface area contributed by atoms with E-state index in [0.29, 0.717) is 35.8 Å². The first kappa shape index (κ1) is 57.9. The largest absolute Gasteiger partial charge is 0.460 e. The zero-order valence-corrected chi connectivity index (χ0v) is 40.1. The number of amides is 1. The Morgan fingerprint density at radius 2 is 1.47 bits per heavy atom. The highest BCUT2D eigenvalue weighted by molar-refractivity contribution is 6.31. The summed E-state index contributed by atoms with van der Waals surface area (Å²) in [5.74, 6) is 2.81. The lowest BCUT2D eigenvalue weighted by Crippen LogP contribution is -2.39. The number of ether oxygens (including phenoxy) is 1. The van der Waals surface area contributed by atoms with Crippen LogP contribution in [0.5, 0.6) is 0 Å². The second-order valence-electron chi connectivity index (χ2n) is 15.8. The van der Waals surface area contributed by atoms with Gasteiger partial charge in [-0.05, 0) is 70.9 Å². The number of aliphatic hydroxyl groups is 1. The van der Waals surface area contributed by atoms with Crippen molar-refractivity contribution in [1.82, 2.24) is 29.3 Å². The lowest BCUT2D eigenvalue weighted by Gasteiger charge is -2.28. The molecule has 60 heavy (non-hydrogen) atoms. The second kappa shape index (κ2) is 31.7. The molecule has 0 unspecified atom stereocenters. The van der Waals surface area contributed by atoms with E-state index in [2.05, 4.69) is 68.3 Å². The summed E-state index contributed by atoms with van der Waals surface area (Å²) in [7, 11) is 7.52. The lowest BCUT2D eigenvalue weighted by molar-refractivity contribution is -0.191. The fraction of sp³-hybridized carbons (Fsp3) is 0.652. The number of imidazole rings is 2. The smallest absolute Gasteiger partial charge is 0.373 e. The minimum Gasteiger partial charge on any atom is -0.460 e. The number of nitrogens with one attached hydrogen (secondary N) is 1. The average molecular weight is 862 g/mol. The molecule has 0 spiro atoms. The number of benzene rings is 1. The number of aldehydes is 1. The molecule has 2 N–H and O–H groups in total. The summed E-state index contributed by atoms with van der Waals surface area (Å²) in [4.78, 5) is 60.7. The summed E-state index contributed by atoms with van der Waals surface area (Å²) in [5.41, 5.74) is 2.61. The van der Waals surface area contributed by atoms with Crippen LogP contribution in [0.2, 0.25) is 5.15 Å². The van der Waals surface area contributed by atoms with Crippen molar-refractivity contribution in [3.63, 3.8) is 0 Å². The first-order chi connectivity index (χ1) is 28.2. The highest BCUT2D eigenvalue weighted by Crippen LogP contribution is 2.24. The van der Waals surface area contributed by atoms with E-state index in [1.165, 1.54) is 0 Å². The van der Waals surface area contributed by atoms with Crippen molar-refractivity contribution in [2.45, 2.75) is 158 Å². The van der Waals surface area contributed by atoms with E-state index in [1.54, 1.807) is 25.5 Å². The van der Waals surface area contributed by atoms with Crippen LogP contribution in [0.15, 0.2) is 30.3 Å². The Kier molecular flexibility index (Phi) is 30.6. The highest BCUT2D eigenvalue weighted by Gasteiger charge is 2.25. The summed E-state index contributed by atoms with van der Waals surface area (Å²) in [5, 5.41) is 13.3. The molecule has 0 fully saturated rings. The third kappa shape index (κ3) is 21.4. The SMILES string of the molecule is CCCCC(=O)N(C)[C@H](C)C(C)C.CCCCc1nc(Cl)c(C=O)n1C.CCCc1nc(C(C)(C)O)c(CC)n1C.CN[C@H](C(=O)OCc1ccccc1)C(C)C.O=C=O. The van der Waals surface area contributed by atoms with Gasteiger partial charge in [0.2, 0.25) is 5.91 Å². The van der Waals surface area contributed by atoms with Gasteiger partial charge in [-0.25, -0.2) is 9.97 Å². The molecule has 0 aliphatic heterocycles. The highest BCUT2D eigenvalue weighted by atomic mass is 35.5. The Morgan fingerprint density at radius 3 is 1.87 bits per heavy atom. The fourth-order valence-electron chi connectivity index (χ4n) is 5.85. The molecule has 0 saturated carbocycles. The van der Waals surface area contributed by atoms with Gasteiger partial charge in [0.1, 0.15) is 35.6 Å². The van der Waals surface area contributed by atoms with Crippen molar-refractivity contribution in [1.29, 1.82) is 0 Å². The molecule has 0 aliphatic carbocycles. The van der Waals surface area contributed by atoms with Crippen molar-refractivity contribution in [2.75, 3.05) is 14.1 Å². The minimum absolute atomic E-state index is 0.193. The van der Waals surface area contributed by atoms with Gasteiger partial charge in [-0.3, -0.25) is 14.4 Å². The number of unbranched alkanes of at least 4 members (excludes halogenated alkanes) is 2. The maximum atomic E-state index is 11.7. The van der Waals surface area contributed by atoms with Crippen molar-refractivity contribution in [3.8, 4) is 0 Å². The maximum Gasteiger partial charge on any atom is 0.373 e. The predicted octanol–water partition coefficient (Wildman–Crippen LogP) is 8.46. The van der Waals surface area contributed by atoms with Crippen LogP contribution in [0.25, 0.3) is 0 Å². The Balaban J connectivity index is 0. The molecule has 0 aliphatic rings. The zero-order chi connectivity index (χ0) is 46.6. The number of halogens is 1. The minimum atomic E-state index is -0.838. The third-order valence-electron chi connectivity index (χ3n) is 9.92. The summed E-state index contributed by atoms with van der Waals surface area (Å²) >= 11 is 5.77. The molecule has 3 rings (SSSR count). The molecule has 1 amide bonds. The third-order valence-corrected chi connectivity index (χ3v) is 10.2. The quantitative estimate of drug-likeness (QED) is 0.0936. The Morgan fingerprint density at radius 1 is 0.917 bits per heavy atom. The molecular formula is C46H77ClN6O7. The summed E-state index contributed by atoms with van der Waals surface area (Å²) in [6, 6.07) is 9.81. The van der Waals surface area contributed by atoms with E-state index < -0.39 is 5.60 Å². The average Bonchev–Trinajstić information content (AvgIpc) is 3.68. The zero-order valence-electron chi connectivity index (χ0n) is 39.4. The van der Waals surface area contributed by atoms with E-state index in [0.717, 1.165) is 86.3 Å². The van der Waals surface area contributed by atoms with Crippen molar-refractivity contribution in [2.24, 2.45) is 25.9 Å². The van der Waals surface area contributed by atoms with E-state index in [4.69, 9.17) is 25.9 Å². The van der Waals surface area contributed by atoms with Gasteiger partial charge in [0.15, 0.2) is 11.4 Å². The van der Waals surface area contributed by atoms with Gasteiger partial charge in [-0.15, -0.1) is 0 Å².